The summed E-state index contributed by atoms with van der Waals surface area (Å²) in [7, 11) is -2.76. The molecule has 0 aliphatic heterocycles. The number of phenols is 1. The number of hydrogen-bond donors (Lipinski definition) is 2. The highest BCUT2D eigenvalue weighted by atomic mass is 35.5. The van der Waals surface area contributed by atoms with Gasteiger partial charge in [0, 0.05) is 17.7 Å². The Morgan fingerprint density at radius 3 is 2.65 bits per heavy atom. The van der Waals surface area contributed by atoms with Gasteiger partial charge in [0.2, 0.25) is 0 Å². The van der Waals surface area contributed by atoms with Crippen LogP contribution in [0.25, 0.3) is 0 Å². The molecule has 0 radical (unpaired) electrons. The molecular weight excluding hydrogens is 310 g/mol. The van der Waals surface area contributed by atoms with Gasteiger partial charge in [-0.15, -0.1) is 0 Å². The summed E-state index contributed by atoms with van der Waals surface area (Å²) < 4.78 is 36.7. The molecule has 1 aromatic rings. The Bertz CT molecular complexity index is 550. The molecule has 9 heteroatoms. The van der Waals surface area contributed by atoms with Crippen LogP contribution in [-0.2, 0) is 24.0 Å². The van der Waals surface area contributed by atoms with Gasteiger partial charge < -0.3 is 14.6 Å². The molecule has 0 fully saturated rings. The van der Waals surface area contributed by atoms with E-state index in [9.17, 15) is 13.5 Å². The average molecular weight is 326 g/mol. The Morgan fingerprint density at radius 2 is 2.10 bits per heavy atom. The summed E-state index contributed by atoms with van der Waals surface area (Å²) >= 11 is 5.85. The van der Waals surface area contributed by atoms with Gasteiger partial charge in [-0.2, -0.15) is 8.42 Å². The minimum absolute atomic E-state index is 0.111. The lowest BCUT2D eigenvalue weighted by molar-refractivity contribution is -0.104. The fourth-order valence-electron chi connectivity index (χ4n) is 1.63. The molecule has 3 N–H and O–H groups in total. The van der Waals surface area contributed by atoms with Crippen molar-refractivity contribution in [1.82, 2.24) is 0 Å². The zero-order valence-corrected chi connectivity index (χ0v) is 12.5. The number of ether oxygens (including phenoxy) is 2. The molecule has 0 heterocycles. The van der Waals surface area contributed by atoms with Crippen LogP contribution in [0.4, 0.5) is 0 Å². The first kappa shape index (κ1) is 17.2. The summed E-state index contributed by atoms with van der Waals surface area (Å²) in [4.78, 5) is 0. The first-order chi connectivity index (χ1) is 9.24. The van der Waals surface area contributed by atoms with Crippen molar-refractivity contribution >= 4 is 21.9 Å². The smallest absolute Gasteiger partial charge is 0.333 e. The van der Waals surface area contributed by atoms with Crippen LogP contribution in [-0.4, -0.2) is 33.5 Å². The molecule has 2 unspecified atom stereocenters. The summed E-state index contributed by atoms with van der Waals surface area (Å²) in [5, 5.41) is 15.0. The topological polar surface area (TPSA) is 108 Å². The van der Waals surface area contributed by atoms with Crippen molar-refractivity contribution in [2.24, 2.45) is 5.14 Å². The molecule has 0 aliphatic carbocycles. The Morgan fingerprint density at radius 1 is 1.45 bits per heavy atom. The molecule has 0 saturated carbocycles. The van der Waals surface area contributed by atoms with Crippen LogP contribution < -0.4 is 5.14 Å². The van der Waals surface area contributed by atoms with Crippen LogP contribution >= 0.6 is 11.6 Å². The van der Waals surface area contributed by atoms with Gasteiger partial charge in [0.05, 0.1) is 0 Å². The van der Waals surface area contributed by atoms with E-state index in [1.165, 1.54) is 32.2 Å². The molecule has 20 heavy (non-hydrogen) atoms. The molecule has 0 saturated heterocycles. The molecule has 2 atom stereocenters. The number of aromatic hydroxyl groups is 1. The zero-order chi connectivity index (χ0) is 15.3. The lowest BCUT2D eigenvalue weighted by Crippen LogP contribution is -2.29. The molecular formula is C11H16ClNO6S. The molecule has 1 aromatic carbocycles. The molecule has 1 rings (SSSR count). The fraction of sp³-hybridized carbons (Fsp3) is 0.455. The Balaban J connectivity index is 3.07. The molecule has 0 spiro atoms. The van der Waals surface area contributed by atoms with Gasteiger partial charge in [-0.3, -0.25) is 4.18 Å². The second kappa shape index (κ2) is 7.21. The number of rotatable bonds is 7. The molecule has 0 aliphatic rings. The van der Waals surface area contributed by atoms with Gasteiger partial charge in [-0.1, -0.05) is 11.6 Å². The van der Waals surface area contributed by atoms with Gasteiger partial charge in [0.15, 0.2) is 0 Å². The first-order valence-electron chi connectivity index (χ1n) is 5.54. The maximum absolute atomic E-state index is 11.0. The highest BCUT2D eigenvalue weighted by molar-refractivity contribution is 7.84. The lowest BCUT2D eigenvalue weighted by atomic mass is 10.0. The van der Waals surface area contributed by atoms with E-state index in [2.05, 4.69) is 4.18 Å². The number of hydrogen-bond acceptors (Lipinski definition) is 6. The maximum atomic E-state index is 11.0. The summed E-state index contributed by atoms with van der Waals surface area (Å²) in [5.41, 5.74) is 0.269. The quantitative estimate of drug-likeness (QED) is 0.732. The minimum atomic E-state index is -4.16. The van der Waals surface area contributed by atoms with Gasteiger partial charge in [0.1, 0.15) is 24.8 Å². The van der Waals surface area contributed by atoms with Crippen molar-refractivity contribution in [2.45, 2.75) is 19.1 Å². The van der Waals surface area contributed by atoms with E-state index in [0.29, 0.717) is 5.02 Å². The van der Waals surface area contributed by atoms with E-state index in [1.807, 2.05) is 0 Å². The molecule has 0 amide bonds. The van der Waals surface area contributed by atoms with Gasteiger partial charge in [-0.05, 0) is 25.1 Å². The average Bonchev–Trinajstić information content (AvgIpc) is 2.31. The van der Waals surface area contributed by atoms with E-state index >= 15 is 0 Å². The van der Waals surface area contributed by atoms with Crippen molar-refractivity contribution in [3.63, 3.8) is 0 Å². The maximum Gasteiger partial charge on any atom is 0.333 e. The number of benzene rings is 1. The van der Waals surface area contributed by atoms with Crippen LogP contribution in [0.5, 0.6) is 5.75 Å². The van der Waals surface area contributed by atoms with Gasteiger partial charge in [-0.25, -0.2) is 5.14 Å². The minimum Gasteiger partial charge on any atom is -0.508 e. The van der Waals surface area contributed by atoms with Crippen LogP contribution in [0, 0.1) is 0 Å². The van der Waals surface area contributed by atoms with E-state index < -0.39 is 22.5 Å². The third-order valence-electron chi connectivity index (χ3n) is 2.37. The zero-order valence-electron chi connectivity index (χ0n) is 10.9. The third-order valence-corrected chi connectivity index (χ3v) is 3.18. The van der Waals surface area contributed by atoms with Crippen molar-refractivity contribution in [2.75, 3.05) is 13.9 Å². The molecule has 0 bridgehead atoms. The summed E-state index contributed by atoms with van der Waals surface area (Å²) in [6, 6.07) is 4.30. The first-order valence-corrected chi connectivity index (χ1v) is 7.39. The number of phenolic OH excluding ortho intramolecular Hbond substituents is 1. The highest BCUT2D eigenvalue weighted by Gasteiger charge is 2.27. The molecule has 7 nitrogen and oxygen atoms in total. The van der Waals surface area contributed by atoms with Crippen LogP contribution in [0.1, 0.15) is 18.6 Å². The van der Waals surface area contributed by atoms with Crippen LogP contribution in [0.15, 0.2) is 18.2 Å². The van der Waals surface area contributed by atoms with Crippen molar-refractivity contribution < 1.29 is 27.2 Å². The van der Waals surface area contributed by atoms with E-state index in [0.717, 1.165) is 0 Å². The monoisotopic (exact) mass is 325 g/mol. The standard InChI is InChI=1S/C11H16ClNO6S/c1-7(19-20(13,15)16)11(18-6-17-2)9-5-8(12)3-4-10(9)14/h3-5,7,11,14H,6H2,1-2H3,(H2,13,15,16). The van der Waals surface area contributed by atoms with Crippen LogP contribution in [0.3, 0.4) is 0 Å². The van der Waals surface area contributed by atoms with Gasteiger partial charge in [0.25, 0.3) is 0 Å². The Kier molecular flexibility index (Phi) is 6.18. The third kappa shape index (κ3) is 5.23. The van der Waals surface area contributed by atoms with Crippen molar-refractivity contribution in [1.29, 1.82) is 0 Å². The Labute approximate surface area is 122 Å². The van der Waals surface area contributed by atoms with Crippen molar-refractivity contribution in [3.05, 3.63) is 28.8 Å². The lowest BCUT2D eigenvalue weighted by Gasteiger charge is -2.24. The second-order valence-corrected chi connectivity index (χ2v) is 5.61. The normalized spacial score (nSPS) is 15.0. The predicted molar refractivity (Wildman–Crippen MR) is 72.5 cm³/mol. The second-order valence-electron chi connectivity index (χ2n) is 3.99. The highest BCUT2D eigenvalue weighted by Crippen LogP contribution is 2.33. The van der Waals surface area contributed by atoms with Gasteiger partial charge >= 0.3 is 10.3 Å². The molecule has 114 valence electrons. The number of nitrogens with two attached hydrogens (primary N) is 1. The summed E-state index contributed by atoms with van der Waals surface area (Å²) in [6.45, 7) is 1.31. The van der Waals surface area contributed by atoms with E-state index in [-0.39, 0.29) is 18.1 Å². The Hall–Kier alpha value is -0.900. The number of halogens is 1. The van der Waals surface area contributed by atoms with E-state index in [4.69, 9.17) is 26.2 Å². The van der Waals surface area contributed by atoms with Crippen LogP contribution in [0.2, 0.25) is 5.02 Å². The largest absolute Gasteiger partial charge is 0.508 e. The van der Waals surface area contributed by atoms with Crippen molar-refractivity contribution in [3.8, 4) is 5.75 Å². The predicted octanol–water partition coefficient (Wildman–Crippen LogP) is 1.32. The fourth-order valence-corrected chi connectivity index (χ4v) is 2.34. The summed E-state index contributed by atoms with van der Waals surface area (Å²) in [5.74, 6) is -0.111. The van der Waals surface area contributed by atoms with E-state index in [1.54, 1.807) is 0 Å². The summed E-state index contributed by atoms with van der Waals surface area (Å²) in [6.07, 6.45) is -1.91. The molecule has 0 aromatic heterocycles. The SMILES string of the molecule is COCOC(c1cc(Cl)ccc1O)C(C)OS(N)(=O)=O. The number of methoxy groups -OCH3 is 1.